The van der Waals surface area contributed by atoms with Crippen LogP contribution in [0.2, 0.25) is 0 Å². The number of hydrogen-bond acceptors (Lipinski definition) is 4. The topological polar surface area (TPSA) is 67.8 Å². The summed E-state index contributed by atoms with van der Waals surface area (Å²) in [6.07, 6.45) is 10.6. The maximum absolute atomic E-state index is 12.2. The van der Waals surface area contributed by atoms with E-state index in [4.69, 9.17) is 9.47 Å². The normalized spacial score (nSPS) is 54.2. The van der Waals surface area contributed by atoms with Gasteiger partial charge >= 0.3 is 6.09 Å². The van der Waals surface area contributed by atoms with Gasteiger partial charge in [-0.3, -0.25) is 0 Å². The Labute approximate surface area is 225 Å². The summed E-state index contributed by atoms with van der Waals surface area (Å²) in [6, 6.07) is 0. The standard InChI is InChI=1S/C32H53NO4/c1-18(2)26(37-27(35)33-8)20-15-19(3)25-21(36-20)16-30(7)23-10-9-22-28(4,5)24(34)11-12-31(22)17-32(23,31)14-13-29(25,30)6/h18-26,34H,9-17H2,1-8H3,(H,33,35)/t19-,20?,21?,22?,23?,24+,25?,26-,29-,30+,31-,32?/m1/s1. The predicted molar refractivity (Wildman–Crippen MR) is 145 cm³/mol. The zero-order chi connectivity index (χ0) is 26.8. The molecule has 210 valence electrons. The SMILES string of the molecule is CNC(=O)O[C@H](C(C)C)C1C[C@@H](C)C2C(C[C@@]3(C)C4CCC5C(C)(C)[C@@H](O)CC[C@@]56CC46CC[C@]23C)O1. The fraction of sp³-hybridized carbons (Fsp3) is 0.969. The first-order valence-corrected chi connectivity index (χ1v) is 15.5. The minimum atomic E-state index is -0.352. The Kier molecular flexibility index (Phi) is 5.79. The fourth-order valence-corrected chi connectivity index (χ4v) is 12.4. The number of alkyl carbamates (subject to hydrolysis) is 1. The van der Waals surface area contributed by atoms with Crippen molar-refractivity contribution in [3.63, 3.8) is 0 Å². The molecule has 6 aliphatic rings. The molecular formula is C32H53NO4. The molecule has 1 heterocycles. The predicted octanol–water partition coefficient (Wildman–Crippen LogP) is 6.57. The van der Waals surface area contributed by atoms with Crippen LogP contribution < -0.4 is 5.32 Å². The second kappa shape index (κ2) is 8.12. The molecule has 2 N–H and O–H groups in total. The zero-order valence-electron chi connectivity index (χ0n) is 24.7. The average Bonchev–Trinajstić information content (AvgIpc) is 3.43. The van der Waals surface area contributed by atoms with E-state index in [0.717, 1.165) is 25.2 Å². The summed E-state index contributed by atoms with van der Waals surface area (Å²) in [4.78, 5) is 12.2. The van der Waals surface area contributed by atoms with Gasteiger partial charge in [0, 0.05) is 7.05 Å². The minimum Gasteiger partial charge on any atom is -0.443 e. The Morgan fingerprint density at radius 2 is 1.68 bits per heavy atom. The number of aliphatic hydroxyl groups excluding tert-OH is 1. The monoisotopic (exact) mass is 515 g/mol. The summed E-state index contributed by atoms with van der Waals surface area (Å²) in [6.45, 7) is 16.7. The van der Waals surface area contributed by atoms with Gasteiger partial charge in [-0.2, -0.15) is 0 Å². The van der Waals surface area contributed by atoms with Gasteiger partial charge in [-0.15, -0.1) is 0 Å². The molecule has 0 bridgehead atoms. The third-order valence-corrected chi connectivity index (χ3v) is 14.2. The quantitative estimate of drug-likeness (QED) is 0.446. The molecule has 5 nitrogen and oxygen atoms in total. The first-order chi connectivity index (χ1) is 17.3. The molecule has 5 aliphatic carbocycles. The molecular weight excluding hydrogens is 462 g/mol. The number of rotatable bonds is 3. The molecule has 5 saturated carbocycles. The molecule has 6 fully saturated rings. The van der Waals surface area contributed by atoms with Crippen LogP contribution in [-0.4, -0.2) is 42.7 Å². The van der Waals surface area contributed by atoms with Crippen LogP contribution in [0.25, 0.3) is 0 Å². The number of ether oxygens (including phenoxy) is 2. The summed E-state index contributed by atoms with van der Waals surface area (Å²) < 4.78 is 12.9. The Balaban J connectivity index is 1.29. The van der Waals surface area contributed by atoms with E-state index in [1.54, 1.807) is 7.05 Å². The number of carbonyl (C=O) groups excluding carboxylic acids is 1. The Morgan fingerprint density at radius 3 is 2.35 bits per heavy atom. The number of carbonyl (C=O) groups is 1. The van der Waals surface area contributed by atoms with Crippen LogP contribution in [0, 0.1) is 56.7 Å². The Bertz CT molecular complexity index is 949. The van der Waals surface area contributed by atoms with Crippen molar-refractivity contribution >= 4 is 6.09 Å². The lowest BCUT2D eigenvalue weighted by molar-refractivity contribution is -0.175. The van der Waals surface area contributed by atoms with E-state index in [-0.39, 0.29) is 47.3 Å². The molecule has 0 aromatic carbocycles. The zero-order valence-corrected chi connectivity index (χ0v) is 24.7. The van der Waals surface area contributed by atoms with Gasteiger partial charge in [-0.05, 0) is 114 Å². The summed E-state index contributed by atoms with van der Waals surface area (Å²) >= 11 is 0. The molecule has 1 aliphatic heterocycles. The first-order valence-electron chi connectivity index (χ1n) is 15.5. The van der Waals surface area contributed by atoms with E-state index < -0.39 is 0 Å². The van der Waals surface area contributed by atoms with Crippen LogP contribution in [-0.2, 0) is 9.47 Å². The minimum absolute atomic E-state index is 0.0292. The highest BCUT2D eigenvalue weighted by atomic mass is 16.6. The number of hydrogen-bond donors (Lipinski definition) is 2. The van der Waals surface area contributed by atoms with Gasteiger partial charge in [0.25, 0.3) is 0 Å². The Hall–Kier alpha value is -0.810. The van der Waals surface area contributed by atoms with Crippen molar-refractivity contribution in [2.24, 2.45) is 56.7 Å². The van der Waals surface area contributed by atoms with Crippen molar-refractivity contribution < 1.29 is 19.4 Å². The number of amides is 1. The summed E-state index contributed by atoms with van der Waals surface area (Å²) in [5, 5.41) is 13.6. The van der Waals surface area contributed by atoms with Gasteiger partial charge < -0.3 is 19.9 Å². The third-order valence-electron chi connectivity index (χ3n) is 14.2. The highest BCUT2D eigenvalue weighted by Gasteiger charge is 2.83. The van der Waals surface area contributed by atoms with Crippen LogP contribution in [0.15, 0.2) is 0 Å². The molecule has 6 unspecified atom stereocenters. The molecule has 0 aromatic rings. The van der Waals surface area contributed by atoms with Gasteiger partial charge in [-0.1, -0.05) is 48.5 Å². The van der Waals surface area contributed by atoms with E-state index in [9.17, 15) is 9.90 Å². The third kappa shape index (κ3) is 3.19. The highest BCUT2D eigenvalue weighted by molar-refractivity contribution is 5.66. The number of aliphatic hydroxyl groups is 1. The second-order valence-corrected chi connectivity index (χ2v) is 15.9. The second-order valence-electron chi connectivity index (χ2n) is 15.9. The van der Waals surface area contributed by atoms with Crippen molar-refractivity contribution in [2.75, 3.05) is 7.05 Å². The van der Waals surface area contributed by atoms with Crippen molar-refractivity contribution in [1.29, 1.82) is 0 Å². The highest BCUT2D eigenvalue weighted by Crippen LogP contribution is 2.89. The van der Waals surface area contributed by atoms with Crippen LogP contribution in [0.5, 0.6) is 0 Å². The average molecular weight is 516 g/mol. The van der Waals surface area contributed by atoms with E-state index in [1.165, 1.54) is 38.5 Å². The van der Waals surface area contributed by atoms with Gasteiger partial charge in [0.15, 0.2) is 0 Å². The smallest absolute Gasteiger partial charge is 0.407 e. The molecule has 5 heteroatoms. The lowest BCUT2D eigenvalue weighted by Gasteiger charge is -2.63. The Morgan fingerprint density at radius 1 is 1.00 bits per heavy atom. The van der Waals surface area contributed by atoms with Gasteiger partial charge in [-0.25, -0.2) is 4.79 Å². The molecule has 0 radical (unpaired) electrons. The van der Waals surface area contributed by atoms with Crippen molar-refractivity contribution in [3.8, 4) is 0 Å². The lowest BCUT2D eigenvalue weighted by atomic mass is 9.41. The van der Waals surface area contributed by atoms with Crippen molar-refractivity contribution in [1.82, 2.24) is 5.32 Å². The molecule has 6 rings (SSSR count). The van der Waals surface area contributed by atoms with E-state index >= 15 is 0 Å². The maximum Gasteiger partial charge on any atom is 0.407 e. The van der Waals surface area contributed by atoms with Gasteiger partial charge in [0.1, 0.15) is 6.10 Å². The number of nitrogens with one attached hydrogen (secondary N) is 1. The van der Waals surface area contributed by atoms with Gasteiger partial charge in [0.2, 0.25) is 0 Å². The first kappa shape index (κ1) is 26.4. The maximum atomic E-state index is 12.2. The van der Waals surface area contributed by atoms with Crippen molar-refractivity contribution in [3.05, 3.63) is 0 Å². The van der Waals surface area contributed by atoms with Crippen LogP contribution in [0.4, 0.5) is 4.79 Å². The lowest BCUT2D eigenvalue weighted by Crippen LogP contribution is -2.58. The van der Waals surface area contributed by atoms with E-state index in [1.807, 2.05) is 0 Å². The molecule has 1 amide bonds. The molecule has 37 heavy (non-hydrogen) atoms. The van der Waals surface area contributed by atoms with E-state index in [0.29, 0.717) is 34.0 Å². The van der Waals surface area contributed by atoms with Crippen molar-refractivity contribution in [2.45, 2.75) is 131 Å². The van der Waals surface area contributed by atoms with Gasteiger partial charge in [0.05, 0.1) is 18.3 Å². The van der Waals surface area contributed by atoms with Crippen LogP contribution in [0.1, 0.15) is 106 Å². The van der Waals surface area contributed by atoms with Crippen LogP contribution >= 0.6 is 0 Å². The molecule has 2 spiro atoms. The number of fused-ring (bicyclic) bond motifs is 4. The molecule has 12 atom stereocenters. The summed E-state index contributed by atoms with van der Waals surface area (Å²) in [5.41, 5.74) is 1.58. The molecule has 1 saturated heterocycles. The summed E-state index contributed by atoms with van der Waals surface area (Å²) in [7, 11) is 1.63. The van der Waals surface area contributed by atoms with Crippen LogP contribution in [0.3, 0.4) is 0 Å². The molecule has 0 aromatic heterocycles. The van der Waals surface area contributed by atoms with E-state index in [2.05, 4.69) is 53.8 Å². The largest absolute Gasteiger partial charge is 0.443 e. The fourth-order valence-electron chi connectivity index (χ4n) is 12.4. The summed E-state index contributed by atoms with van der Waals surface area (Å²) in [5.74, 6) is 2.80.